The van der Waals surface area contributed by atoms with Gasteiger partial charge in [-0.05, 0) is 122 Å². The first-order valence-corrected chi connectivity index (χ1v) is 19.7. The Morgan fingerprint density at radius 3 is 2.16 bits per heavy atom. The van der Waals surface area contributed by atoms with Gasteiger partial charge in [0.1, 0.15) is 0 Å². The average molecular weight is 713 g/mol. The van der Waals surface area contributed by atoms with E-state index in [2.05, 4.69) is 204 Å². The predicted octanol–water partition coefficient (Wildman–Crippen LogP) is 14.8. The summed E-state index contributed by atoms with van der Waals surface area (Å²) in [5, 5.41) is 7.65. The van der Waals surface area contributed by atoms with Gasteiger partial charge in [0.15, 0.2) is 0 Å². The Morgan fingerprint density at radius 1 is 0.464 bits per heavy atom. The highest BCUT2D eigenvalue weighted by Crippen LogP contribution is 2.56. The number of hydrogen-bond donors (Lipinski definition) is 0. The van der Waals surface area contributed by atoms with Crippen molar-refractivity contribution in [1.29, 1.82) is 0 Å². The zero-order chi connectivity index (χ0) is 36.7. The van der Waals surface area contributed by atoms with Gasteiger partial charge < -0.3 is 9.47 Å². The number of benzene rings is 9. The minimum atomic E-state index is 1.07. The molecule has 0 unspecified atom stereocenters. The molecule has 9 aromatic carbocycles. The van der Waals surface area contributed by atoms with E-state index >= 15 is 0 Å². The highest BCUT2D eigenvalue weighted by Gasteiger charge is 2.31. The minimum absolute atomic E-state index is 1.07. The summed E-state index contributed by atoms with van der Waals surface area (Å²) in [6, 6.07) is 67.3. The van der Waals surface area contributed by atoms with Gasteiger partial charge in [-0.2, -0.15) is 0 Å². The standard InChI is InChI=1S/C54H36N2/c1-2-13-35(14-3-1)38-18-10-20-41(32-38)55(51-26-12-24-47-46-23-11-19-40-31-39-17-6-7-21-44(39)54(52(40)46)53(47)51)43-29-30-50-48(34-43)45-22-8-9-25-49(45)56(50)42-28-27-36-15-4-5-16-37(36)33-42/h1-5,7-16,18-34H,6,17H2. The van der Waals surface area contributed by atoms with Crippen LogP contribution in [-0.4, -0.2) is 4.57 Å². The Labute approximate surface area is 325 Å². The molecule has 0 saturated heterocycles. The van der Waals surface area contributed by atoms with Crippen molar-refractivity contribution in [2.45, 2.75) is 12.8 Å². The van der Waals surface area contributed by atoms with E-state index in [4.69, 9.17) is 0 Å². The van der Waals surface area contributed by atoms with Crippen molar-refractivity contribution >= 4 is 66.5 Å². The Morgan fingerprint density at radius 2 is 1.21 bits per heavy atom. The van der Waals surface area contributed by atoms with Crippen LogP contribution in [0.1, 0.15) is 17.5 Å². The van der Waals surface area contributed by atoms with Crippen molar-refractivity contribution in [3.05, 3.63) is 199 Å². The van der Waals surface area contributed by atoms with Crippen LogP contribution in [0.5, 0.6) is 0 Å². The number of nitrogens with zero attached hydrogens (tertiary/aromatic N) is 2. The molecule has 2 heteroatoms. The summed E-state index contributed by atoms with van der Waals surface area (Å²) in [6.45, 7) is 0. The maximum atomic E-state index is 2.51. The lowest BCUT2D eigenvalue weighted by Crippen LogP contribution is -2.12. The van der Waals surface area contributed by atoms with Crippen molar-refractivity contribution < 1.29 is 0 Å². The number of anilines is 3. The van der Waals surface area contributed by atoms with Crippen LogP contribution in [-0.2, 0) is 6.42 Å². The van der Waals surface area contributed by atoms with Crippen LogP contribution < -0.4 is 4.90 Å². The first-order valence-electron chi connectivity index (χ1n) is 19.7. The van der Waals surface area contributed by atoms with Crippen LogP contribution in [0.3, 0.4) is 0 Å². The molecule has 262 valence electrons. The fraction of sp³-hybridized carbons (Fsp3) is 0.0370. The summed E-state index contributed by atoms with van der Waals surface area (Å²) in [4.78, 5) is 2.51. The van der Waals surface area contributed by atoms with Gasteiger partial charge in [-0.25, -0.2) is 0 Å². The molecule has 0 spiro atoms. The van der Waals surface area contributed by atoms with E-state index in [1.54, 1.807) is 0 Å². The van der Waals surface area contributed by atoms with E-state index < -0.39 is 0 Å². The number of aryl methyl sites for hydroxylation is 1. The Bertz CT molecular complexity index is 3250. The molecule has 0 N–H and O–H groups in total. The van der Waals surface area contributed by atoms with Crippen molar-refractivity contribution in [1.82, 2.24) is 4.57 Å². The molecule has 0 bridgehead atoms. The third kappa shape index (κ3) is 4.63. The first-order chi connectivity index (χ1) is 27.8. The molecular weight excluding hydrogens is 677 g/mol. The molecule has 0 fully saturated rings. The topological polar surface area (TPSA) is 8.17 Å². The van der Waals surface area contributed by atoms with E-state index in [0.29, 0.717) is 0 Å². The van der Waals surface area contributed by atoms with Crippen LogP contribution in [0.2, 0.25) is 0 Å². The monoisotopic (exact) mass is 712 g/mol. The van der Waals surface area contributed by atoms with E-state index in [-0.39, 0.29) is 0 Å². The zero-order valence-electron chi connectivity index (χ0n) is 30.8. The summed E-state index contributed by atoms with van der Waals surface area (Å²) < 4.78 is 2.43. The molecule has 0 atom stereocenters. The molecule has 0 aliphatic heterocycles. The predicted molar refractivity (Wildman–Crippen MR) is 238 cm³/mol. The Hall–Kier alpha value is -7.16. The van der Waals surface area contributed by atoms with Crippen molar-refractivity contribution in [3.8, 4) is 39.1 Å². The fourth-order valence-electron chi connectivity index (χ4n) is 9.64. The minimum Gasteiger partial charge on any atom is -0.310 e. The molecule has 1 heterocycles. The fourth-order valence-corrected chi connectivity index (χ4v) is 9.64. The van der Waals surface area contributed by atoms with E-state index in [0.717, 1.165) is 24.2 Å². The van der Waals surface area contributed by atoms with E-state index in [9.17, 15) is 0 Å². The molecule has 0 saturated carbocycles. The number of hydrogen-bond acceptors (Lipinski definition) is 1. The van der Waals surface area contributed by atoms with Gasteiger partial charge in [-0.1, -0.05) is 140 Å². The lowest BCUT2D eigenvalue weighted by atomic mass is 9.87. The van der Waals surface area contributed by atoms with Gasteiger partial charge in [0, 0.05) is 39.0 Å². The number of aromatic nitrogens is 1. The first kappa shape index (κ1) is 31.2. The van der Waals surface area contributed by atoms with Crippen molar-refractivity contribution in [3.63, 3.8) is 0 Å². The van der Waals surface area contributed by atoms with Gasteiger partial charge in [0.25, 0.3) is 0 Å². The van der Waals surface area contributed by atoms with Crippen molar-refractivity contribution in [2.24, 2.45) is 0 Å². The van der Waals surface area contributed by atoms with E-state index in [1.165, 1.54) is 99.2 Å². The quantitative estimate of drug-likeness (QED) is 0.172. The van der Waals surface area contributed by atoms with Crippen LogP contribution in [0, 0.1) is 0 Å². The second kappa shape index (κ2) is 12.2. The van der Waals surface area contributed by atoms with Crippen LogP contribution >= 0.6 is 0 Å². The highest BCUT2D eigenvalue weighted by molar-refractivity contribution is 6.21. The molecule has 2 aliphatic rings. The molecule has 56 heavy (non-hydrogen) atoms. The summed E-state index contributed by atoms with van der Waals surface area (Å²) in [5.41, 5.74) is 17.5. The number of allylic oxidation sites excluding steroid dienone is 1. The van der Waals surface area contributed by atoms with Gasteiger partial charge in [-0.15, -0.1) is 0 Å². The van der Waals surface area contributed by atoms with Gasteiger partial charge >= 0.3 is 0 Å². The number of para-hydroxylation sites is 1. The second-order valence-electron chi connectivity index (χ2n) is 15.2. The lowest BCUT2D eigenvalue weighted by molar-refractivity contribution is 0.990. The van der Waals surface area contributed by atoms with Crippen LogP contribution in [0.15, 0.2) is 188 Å². The second-order valence-corrected chi connectivity index (χ2v) is 15.2. The smallest absolute Gasteiger partial charge is 0.0546 e. The summed E-state index contributed by atoms with van der Waals surface area (Å²) >= 11 is 0. The number of fused-ring (bicyclic) bond motifs is 9. The summed E-state index contributed by atoms with van der Waals surface area (Å²) in [5.74, 6) is 0. The molecule has 0 amide bonds. The zero-order valence-corrected chi connectivity index (χ0v) is 30.8. The summed E-state index contributed by atoms with van der Waals surface area (Å²) in [7, 11) is 0. The normalized spacial score (nSPS) is 12.8. The summed E-state index contributed by atoms with van der Waals surface area (Å²) in [6.07, 6.45) is 6.88. The maximum Gasteiger partial charge on any atom is 0.0546 e. The largest absolute Gasteiger partial charge is 0.310 e. The molecule has 12 rings (SSSR count). The maximum absolute atomic E-state index is 2.51. The number of rotatable bonds is 5. The SMILES string of the molecule is C1=Cc2c(cc3cccc4c3c2-c2c-4cccc2N(c2cccc(-c3ccccc3)c2)c2ccc3c(c2)c2ccccc2n3-c2ccc3ccccc3c2)CC1. The third-order valence-electron chi connectivity index (χ3n) is 12.1. The lowest BCUT2D eigenvalue weighted by Gasteiger charge is -2.29. The molecule has 10 aromatic rings. The molecule has 2 nitrogen and oxygen atoms in total. The molecule has 1 aromatic heterocycles. The average Bonchev–Trinajstić information content (AvgIpc) is 3.78. The van der Waals surface area contributed by atoms with Crippen molar-refractivity contribution in [2.75, 3.05) is 4.90 Å². The molecular formula is C54H36N2. The highest BCUT2D eigenvalue weighted by atomic mass is 15.1. The van der Waals surface area contributed by atoms with Crippen LogP contribution in [0.4, 0.5) is 17.1 Å². The Balaban J connectivity index is 1.13. The van der Waals surface area contributed by atoms with Crippen LogP contribution in [0.25, 0.3) is 88.5 Å². The van der Waals surface area contributed by atoms with Gasteiger partial charge in [0.2, 0.25) is 0 Å². The molecule has 2 aliphatic carbocycles. The van der Waals surface area contributed by atoms with E-state index in [1.807, 2.05) is 0 Å². The molecule has 0 radical (unpaired) electrons. The van der Waals surface area contributed by atoms with Gasteiger partial charge in [-0.3, -0.25) is 0 Å². The third-order valence-corrected chi connectivity index (χ3v) is 12.1. The Kier molecular flexibility index (Phi) is 6.79. The van der Waals surface area contributed by atoms with Gasteiger partial charge in [0.05, 0.1) is 16.7 Å².